The van der Waals surface area contributed by atoms with E-state index in [1.807, 2.05) is 0 Å². The van der Waals surface area contributed by atoms with Gasteiger partial charge in [0.05, 0.1) is 6.61 Å². The fourth-order valence-corrected chi connectivity index (χ4v) is 5.00. The van der Waals surface area contributed by atoms with Gasteiger partial charge in [0.1, 0.15) is 18.2 Å². The summed E-state index contributed by atoms with van der Waals surface area (Å²) in [7, 11) is 0. The highest BCUT2D eigenvalue weighted by Gasteiger charge is 2.78. The number of carbonyl (C=O) groups is 1. The molecule has 1 fully saturated rings. The number of nitrogens with zero attached hydrogens (tertiary/aromatic N) is 1. The molecule has 1 saturated heterocycles. The van der Waals surface area contributed by atoms with Crippen LogP contribution in [0.15, 0.2) is 41.3 Å². The third-order valence-corrected chi connectivity index (χ3v) is 6.47. The van der Waals surface area contributed by atoms with E-state index >= 15 is 0 Å². The minimum absolute atomic E-state index is 0.0261. The molecule has 0 radical (unpaired) electrons. The third kappa shape index (κ3) is 3.54. The molecule has 0 saturated carbocycles. The fraction of sp³-hybridized carbons (Fsp3) is 0.476. The molecule has 34 heavy (non-hydrogen) atoms. The largest absolute Gasteiger partial charge is 0.467 e. The molecule has 5 nitrogen and oxygen atoms in total. The molecule has 1 amide bonds. The lowest BCUT2D eigenvalue weighted by Gasteiger charge is -2.58. The number of amides is 1. The monoisotopic (exact) mass is 530 g/mol. The van der Waals surface area contributed by atoms with Crippen LogP contribution in [0.3, 0.4) is 0 Å². The van der Waals surface area contributed by atoms with Crippen LogP contribution in [0.5, 0.6) is 0 Å². The smallest absolute Gasteiger partial charge is 0.438 e. The minimum Gasteiger partial charge on any atom is -0.467 e. The molecule has 1 aromatic rings. The molecule has 4 aliphatic rings. The Labute approximate surface area is 200 Å². The zero-order valence-electron chi connectivity index (χ0n) is 17.5. The van der Waals surface area contributed by atoms with Crippen LogP contribution in [0.4, 0.5) is 26.3 Å². The van der Waals surface area contributed by atoms with Crippen molar-refractivity contribution in [3.8, 4) is 0 Å². The van der Waals surface area contributed by atoms with Gasteiger partial charge in [-0.15, -0.1) is 0 Å². The maximum absolute atomic E-state index is 14.9. The molecule has 13 heteroatoms. The third-order valence-electron chi connectivity index (χ3n) is 6.04. The summed E-state index contributed by atoms with van der Waals surface area (Å²) in [4.78, 5) is 12.9. The number of alkyl halides is 6. The molecule has 1 N–H and O–H groups in total. The van der Waals surface area contributed by atoms with E-state index in [9.17, 15) is 31.1 Å². The van der Waals surface area contributed by atoms with Crippen LogP contribution in [-0.4, -0.2) is 55.2 Å². The second-order valence-electron chi connectivity index (χ2n) is 8.02. The van der Waals surface area contributed by atoms with Crippen molar-refractivity contribution in [1.82, 2.24) is 10.2 Å². The number of hydrogen-bond acceptors (Lipinski definition) is 4. The number of hydrogen-bond donors (Lipinski definition) is 1. The Kier molecular flexibility index (Phi) is 6.05. The van der Waals surface area contributed by atoms with E-state index in [4.69, 9.17) is 32.7 Å². The van der Waals surface area contributed by atoms with Gasteiger partial charge < -0.3 is 19.7 Å². The standard InChI is InChI=1S/C21H18Cl2F6N2O3/c1-2-15(32)30-9-12-8-18(20(24,25)26,11-5-13(22)7-14(23)6-11)17-16(31-3-4-33-10-31)19(12,34-17)21(27,28)29/h5-8H,2-4,9-10H2,1H3,(H,30,32). The lowest BCUT2D eigenvalue weighted by atomic mass is 9.63. The number of benzene rings is 1. The summed E-state index contributed by atoms with van der Waals surface area (Å²) >= 11 is 11.9. The van der Waals surface area contributed by atoms with Crippen molar-refractivity contribution >= 4 is 29.1 Å². The molecule has 0 spiro atoms. The molecule has 0 aromatic heterocycles. The molecule has 186 valence electrons. The zero-order chi connectivity index (χ0) is 25.1. The predicted molar refractivity (Wildman–Crippen MR) is 110 cm³/mol. The van der Waals surface area contributed by atoms with Gasteiger partial charge in [-0.25, -0.2) is 0 Å². The predicted octanol–water partition coefficient (Wildman–Crippen LogP) is 5.09. The summed E-state index contributed by atoms with van der Waals surface area (Å²) in [6.45, 7) is 0.253. The average Bonchev–Trinajstić information content (AvgIpc) is 3.22. The van der Waals surface area contributed by atoms with Crippen LogP contribution >= 0.6 is 23.2 Å². The molecular formula is C21H18Cl2F6N2O3. The summed E-state index contributed by atoms with van der Waals surface area (Å²) in [5.41, 5.74) is -8.30. The van der Waals surface area contributed by atoms with E-state index in [0.29, 0.717) is 6.08 Å². The second kappa shape index (κ2) is 8.23. The lowest BCUT2D eigenvalue weighted by Crippen LogP contribution is -2.69. The van der Waals surface area contributed by atoms with Crippen LogP contribution in [0.2, 0.25) is 10.0 Å². The maximum atomic E-state index is 14.9. The van der Waals surface area contributed by atoms with E-state index in [1.54, 1.807) is 0 Å². The first kappa shape index (κ1) is 25.0. The van der Waals surface area contributed by atoms with Crippen molar-refractivity contribution in [1.29, 1.82) is 0 Å². The Morgan fingerprint density at radius 2 is 1.76 bits per heavy atom. The summed E-state index contributed by atoms with van der Waals surface area (Å²) in [6, 6.07) is 3.16. The molecule has 2 unspecified atom stereocenters. The van der Waals surface area contributed by atoms with Gasteiger partial charge in [0.2, 0.25) is 5.91 Å². The number of halogens is 8. The van der Waals surface area contributed by atoms with Gasteiger partial charge in [0.15, 0.2) is 5.41 Å². The topological polar surface area (TPSA) is 50.8 Å². The zero-order valence-corrected chi connectivity index (χ0v) is 19.1. The van der Waals surface area contributed by atoms with Gasteiger partial charge in [-0.05, 0) is 23.8 Å². The van der Waals surface area contributed by atoms with Gasteiger partial charge >= 0.3 is 12.4 Å². The number of allylic oxidation sites excluding steroid dienone is 1. The minimum atomic E-state index is -5.15. The Hall–Kier alpha value is -2.11. The maximum Gasteiger partial charge on any atom is 0.438 e. The highest BCUT2D eigenvalue weighted by atomic mass is 35.5. The van der Waals surface area contributed by atoms with Crippen molar-refractivity contribution in [2.75, 3.05) is 26.4 Å². The van der Waals surface area contributed by atoms with Crippen LogP contribution < -0.4 is 5.32 Å². The summed E-state index contributed by atoms with van der Waals surface area (Å²) in [5, 5.41) is 1.97. The first-order valence-corrected chi connectivity index (χ1v) is 10.9. The highest BCUT2D eigenvalue weighted by molar-refractivity contribution is 6.34. The van der Waals surface area contributed by atoms with Gasteiger partial charge in [-0.3, -0.25) is 4.79 Å². The Bertz CT molecular complexity index is 1060. The van der Waals surface area contributed by atoms with Gasteiger partial charge in [0.25, 0.3) is 5.60 Å². The molecular weight excluding hydrogens is 513 g/mol. The van der Waals surface area contributed by atoms with Gasteiger partial charge in [-0.1, -0.05) is 36.2 Å². The summed E-state index contributed by atoms with van der Waals surface area (Å²) in [5.74, 6) is -1.56. The molecule has 1 aromatic carbocycles. The van der Waals surface area contributed by atoms with E-state index in [-0.39, 0.29) is 36.3 Å². The van der Waals surface area contributed by atoms with Gasteiger partial charge in [-0.2, -0.15) is 26.3 Å². The first-order chi connectivity index (χ1) is 15.8. The van der Waals surface area contributed by atoms with E-state index in [2.05, 4.69) is 5.32 Å². The number of rotatable bonds is 5. The number of ether oxygens (including phenoxy) is 2. The normalized spacial score (nSPS) is 26.7. The Morgan fingerprint density at radius 3 is 2.26 bits per heavy atom. The molecule has 1 aliphatic carbocycles. The van der Waals surface area contributed by atoms with Crippen molar-refractivity contribution in [2.45, 2.75) is 36.7 Å². The van der Waals surface area contributed by atoms with Crippen LogP contribution in [0.1, 0.15) is 18.9 Å². The Morgan fingerprint density at radius 1 is 1.12 bits per heavy atom. The van der Waals surface area contributed by atoms with Crippen molar-refractivity contribution in [3.63, 3.8) is 0 Å². The van der Waals surface area contributed by atoms with E-state index in [1.165, 1.54) is 13.0 Å². The van der Waals surface area contributed by atoms with Crippen LogP contribution in [0, 0.1) is 0 Å². The molecule has 2 bridgehead atoms. The van der Waals surface area contributed by atoms with E-state index in [0.717, 1.165) is 17.0 Å². The molecule has 3 aliphatic heterocycles. The summed E-state index contributed by atoms with van der Waals surface area (Å²) in [6.07, 6.45) is -9.88. The molecule has 2 atom stereocenters. The van der Waals surface area contributed by atoms with Crippen molar-refractivity contribution in [2.24, 2.45) is 0 Å². The Balaban J connectivity index is 2.03. The first-order valence-electron chi connectivity index (χ1n) is 10.1. The number of fused-ring (bicyclic) bond motifs is 1. The molecule has 3 heterocycles. The number of nitrogens with one attached hydrogen (secondary N) is 1. The van der Waals surface area contributed by atoms with Gasteiger partial charge in [0, 0.05) is 35.1 Å². The van der Waals surface area contributed by atoms with Crippen molar-refractivity contribution < 1.29 is 40.6 Å². The second-order valence-corrected chi connectivity index (χ2v) is 8.90. The van der Waals surface area contributed by atoms with Crippen molar-refractivity contribution in [3.05, 3.63) is 56.9 Å². The highest BCUT2D eigenvalue weighted by Crippen LogP contribution is 2.66. The number of carbonyl (C=O) groups excluding carboxylic acids is 1. The average molecular weight is 531 g/mol. The van der Waals surface area contributed by atoms with Crippen LogP contribution in [0.25, 0.3) is 0 Å². The lowest BCUT2D eigenvalue weighted by molar-refractivity contribution is -0.285. The molecule has 5 rings (SSSR count). The van der Waals surface area contributed by atoms with E-state index < -0.39 is 58.4 Å². The summed E-state index contributed by atoms with van der Waals surface area (Å²) < 4.78 is 98.4. The quantitative estimate of drug-likeness (QED) is 0.425. The fourth-order valence-electron chi connectivity index (χ4n) is 4.47. The van der Waals surface area contributed by atoms with Crippen LogP contribution in [-0.2, 0) is 19.7 Å². The SMILES string of the molecule is CCC(=O)NCC1=CC(c2cc(Cl)cc(Cl)c2)(C(F)(F)F)C2=C(N3CCOC3)C1(C(F)(F)F)O2.